The minimum atomic E-state index is 0.308. The number of aromatic nitrogens is 4. The van der Waals surface area contributed by atoms with Crippen molar-refractivity contribution in [2.45, 2.75) is 20.1 Å². The third kappa shape index (κ3) is 2.88. The van der Waals surface area contributed by atoms with Gasteiger partial charge in [0, 0.05) is 30.6 Å². The van der Waals surface area contributed by atoms with Gasteiger partial charge in [-0.3, -0.25) is 14.7 Å². The van der Waals surface area contributed by atoms with E-state index in [1.807, 2.05) is 50.4 Å². The van der Waals surface area contributed by atoms with Gasteiger partial charge < -0.3 is 14.6 Å². The molecule has 0 unspecified atom stereocenters. The normalized spacial score (nSPS) is 12.9. The molecule has 4 aromatic rings. The van der Waals surface area contributed by atoms with Crippen LogP contribution in [-0.2, 0) is 20.2 Å². The minimum Gasteiger partial charge on any atom is -0.470 e. The first kappa shape index (κ1) is 16.5. The lowest BCUT2D eigenvalue weighted by Gasteiger charge is -2.07. The molecule has 1 N–H and O–H groups in total. The fourth-order valence-electron chi connectivity index (χ4n) is 3.29. The molecule has 4 heterocycles. The van der Waals surface area contributed by atoms with Crippen molar-refractivity contribution >= 4 is 22.4 Å². The second-order valence-electron chi connectivity index (χ2n) is 6.68. The van der Waals surface area contributed by atoms with Crippen LogP contribution in [0, 0.1) is 6.92 Å². The van der Waals surface area contributed by atoms with E-state index >= 15 is 0 Å². The van der Waals surface area contributed by atoms with E-state index in [9.17, 15) is 0 Å². The number of hydrogen-bond donors (Lipinski definition) is 1. The van der Waals surface area contributed by atoms with Crippen LogP contribution in [0.1, 0.15) is 22.7 Å². The van der Waals surface area contributed by atoms with Crippen molar-refractivity contribution in [2.75, 3.05) is 5.32 Å². The summed E-state index contributed by atoms with van der Waals surface area (Å²) in [5, 5.41) is 12.7. The molecule has 0 saturated heterocycles. The van der Waals surface area contributed by atoms with Gasteiger partial charge >= 0.3 is 0 Å². The highest BCUT2D eigenvalue weighted by Gasteiger charge is 2.18. The van der Waals surface area contributed by atoms with Gasteiger partial charge in [0.1, 0.15) is 23.8 Å². The van der Waals surface area contributed by atoms with E-state index in [2.05, 4.69) is 25.5 Å². The molecule has 0 saturated carbocycles. The lowest BCUT2D eigenvalue weighted by atomic mass is 10.2. The van der Waals surface area contributed by atoms with Crippen molar-refractivity contribution in [3.63, 3.8) is 0 Å². The van der Waals surface area contributed by atoms with E-state index in [0.717, 1.165) is 45.1 Å². The Morgan fingerprint density at radius 1 is 1.25 bits per heavy atom. The number of pyridine rings is 1. The standard InChI is InChI=1S/C20H18N6O2/c1-12-8-15(25-28-12)11-27-20-16-6-5-14(9-17(16)26(2)24-20)23-19-18-13(10-22-19)4-3-7-21-18/h3-9H,10-11H2,1-2H3,(H,22,23). The third-order valence-corrected chi connectivity index (χ3v) is 4.64. The predicted octanol–water partition coefficient (Wildman–Crippen LogP) is 3.22. The Bertz CT molecular complexity index is 1210. The average molecular weight is 374 g/mol. The molecule has 0 atom stereocenters. The first-order chi connectivity index (χ1) is 13.7. The Morgan fingerprint density at radius 2 is 2.18 bits per heavy atom. The molecule has 0 fully saturated rings. The number of aliphatic imine (C=N–C) groups is 1. The number of aryl methyl sites for hydroxylation is 2. The summed E-state index contributed by atoms with van der Waals surface area (Å²) < 4.78 is 12.7. The number of anilines is 1. The number of hydrogen-bond acceptors (Lipinski definition) is 7. The molecule has 0 spiro atoms. The van der Waals surface area contributed by atoms with Crippen LogP contribution in [0.15, 0.2) is 52.1 Å². The van der Waals surface area contributed by atoms with Gasteiger partial charge in [-0.15, -0.1) is 5.10 Å². The van der Waals surface area contributed by atoms with Crippen LogP contribution in [0.2, 0.25) is 0 Å². The third-order valence-electron chi connectivity index (χ3n) is 4.64. The molecule has 5 rings (SSSR count). The predicted molar refractivity (Wildman–Crippen MR) is 104 cm³/mol. The number of fused-ring (bicyclic) bond motifs is 2. The molecule has 0 amide bonds. The van der Waals surface area contributed by atoms with E-state index in [-0.39, 0.29) is 0 Å². The van der Waals surface area contributed by atoms with Crippen molar-refractivity contribution in [3.05, 3.63) is 65.3 Å². The van der Waals surface area contributed by atoms with E-state index < -0.39 is 0 Å². The van der Waals surface area contributed by atoms with Crippen LogP contribution in [0.5, 0.6) is 5.88 Å². The lowest BCUT2D eigenvalue weighted by molar-refractivity contribution is 0.278. The Balaban J connectivity index is 1.39. The van der Waals surface area contributed by atoms with Crippen molar-refractivity contribution in [3.8, 4) is 5.88 Å². The van der Waals surface area contributed by atoms with E-state index in [1.54, 1.807) is 10.9 Å². The molecule has 3 aromatic heterocycles. The number of rotatable bonds is 4. The first-order valence-electron chi connectivity index (χ1n) is 8.95. The summed E-state index contributed by atoms with van der Waals surface area (Å²) in [6, 6.07) is 11.8. The molecule has 140 valence electrons. The fraction of sp³-hybridized carbons (Fsp3) is 0.200. The summed E-state index contributed by atoms with van der Waals surface area (Å²) in [5.74, 6) is 2.11. The maximum Gasteiger partial charge on any atom is 0.241 e. The Kier molecular flexibility index (Phi) is 3.82. The second kappa shape index (κ2) is 6.49. The molecule has 0 radical (unpaired) electrons. The van der Waals surface area contributed by atoms with Crippen molar-refractivity contribution < 1.29 is 9.26 Å². The zero-order valence-electron chi connectivity index (χ0n) is 15.5. The Morgan fingerprint density at radius 3 is 3.04 bits per heavy atom. The fourth-order valence-corrected chi connectivity index (χ4v) is 3.29. The van der Waals surface area contributed by atoms with E-state index in [4.69, 9.17) is 9.26 Å². The maximum absolute atomic E-state index is 5.85. The van der Waals surface area contributed by atoms with Crippen molar-refractivity contribution in [1.82, 2.24) is 19.9 Å². The number of nitrogens with one attached hydrogen (secondary N) is 1. The summed E-state index contributed by atoms with van der Waals surface area (Å²) in [6.07, 6.45) is 1.78. The van der Waals surface area contributed by atoms with Crippen LogP contribution in [0.25, 0.3) is 10.9 Å². The van der Waals surface area contributed by atoms with Crippen LogP contribution < -0.4 is 10.1 Å². The lowest BCUT2D eigenvalue weighted by Crippen LogP contribution is -2.13. The molecule has 1 aromatic carbocycles. The summed E-state index contributed by atoms with van der Waals surface area (Å²) in [4.78, 5) is 8.98. The zero-order chi connectivity index (χ0) is 19.1. The smallest absolute Gasteiger partial charge is 0.241 e. The minimum absolute atomic E-state index is 0.308. The zero-order valence-corrected chi connectivity index (χ0v) is 15.5. The van der Waals surface area contributed by atoms with Gasteiger partial charge in [0.15, 0.2) is 5.84 Å². The molecule has 8 nitrogen and oxygen atoms in total. The highest BCUT2D eigenvalue weighted by atomic mass is 16.5. The highest BCUT2D eigenvalue weighted by Crippen LogP contribution is 2.28. The average Bonchev–Trinajstić information content (AvgIpc) is 3.39. The van der Waals surface area contributed by atoms with Crippen molar-refractivity contribution in [2.24, 2.45) is 12.0 Å². The van der Waals surface area contributed by atoms with Gasteiger partial charge in [0.05, 0.1) is 17.4 Å². The Hall–Kier alpha value is -3.68. The molecule has 28 heavy (non-hydrogen) atoms. The molecule has 8 heteroatoms. The first-order valence-corrected chi connectivity index (χ1v) is 8.95. The molecule has 1 aliphatic rings. The van der Waals surface area contributed by atoms with E-state index in [1.165, 1.54) is 0 Å². The molecule has 1 aliphatic heterocycles. The SMILES string of the molecule is Cc1cc(COc2nn(C)c3cc(NC4=NCc5cccnc54)ccc23)no1. The Labute approximate surface area is 160 Å². The van der Waals surface area contributed by atoms with Crippen molar-refractivity contribution in [1.29, 1.82) is 0 Å². The molecular weight excluding hydrogens is 356 g/mol. The molecular formula is C20H18N6O2. The van der Waals surface area contributed by atoms with Gasteiger partial charge in [0.25, 0.3) is 0 Å². The maximum atomic E-state index is 5.85. The molecule has 0 aliphatic carbocycles. The highest BCUT2D eigenvalue weighted by molar-refractivity contribution is 6.09. The number of nitrogens with zero attached hydrogens (tertiary/aromatic N) is 5. The monoisotopic (exact) mass is 374 g/mol. The van der Waals surface area contributed by atoms with E-state index in [0.29, 0.717) is 19.0 Å². The number of ether oxygens (including phenoxy) is 1. The van der Waals surface area contributed by atoms with Crippen LogP contribution in [0.3, 0.4) is 0 Å². The van der Waals surface area contributed by atoms with Gasteiger partial charge in [-0.05, 0) is 31.2 Å². The largest absolute Gasteiger partial charge is 0.470 e. The van der Waals surface area contributed by atoms with Crippen LogP contribution >= 0.6 is 0 Å². The summed E-state index contributed by atoms with van der Waals surface area (Å²) in [7, 11) is 1.89. The van der Waals surface area contributed by atoms with Crippen LogP contribution in [-0.4, -0.2) is 25.8 Å². The topological polar surface area (TPSA) is 90.4 Å². The van der Waals surface area contributed by atoms with Gasteiger partial charge in [-0.1, -0.05) is 11.2 Å². The van der Waals surface area contributed by atoms with Gasteiger partial charge in [0.2, 0.25) is 5.88 Å². The summed E-state index contributed by atoms with van der Waals surface area (Å²) in [6.45, 7) is 2.81. The summed E-state index contributed by atoms with van der Waals surface area (Å²) in [5.41, 5.74) is 4.65. The summed E-state index contributed by atoms with van der Waals surface area (Å²) >= 11 is 0. The number of benzene rings is 1. The molecule has 0 bridgehead atoms. The van der Waals surface area contributed by atoms with Gasteiger partial charge in [-0.2, -0.15) is 0 Å². The second-order valence-corrected chi connectivity index (χ2v) is 6.68. The quantitative estimate of drug-likeness (QED) is 0.590. The van der Waals surface area contributed by atoms with Gasteiger partial charge in [-0.25, -0.2) is 0 Å². The number of amidine groups is 1. The van der Waals surface area contributed by atoms with Crippen LogP contribution in [0.4, 0.5) is 5.69 Å².